The highest BCUT2D eigenvalue weighted by molar-refractivity contribution is 5.92. The van der Waals surface area contributed by atoms with Crippen molar-refractivity contribution < 1.29 is 13.9 Å². The molecule has 2 heterocycles. The minimum Gasteiger partial charge on any atom is -0.492 e. The van der Waals surface area contributed by atoms with Gasteiger partial charge in [0, 0.05) is 11.8 Å². The van der Waals surface area contributed by atoms with Gasteiger partial charge in [0.05, 0.1) is 12.3 Å². The zero-order valence-corrected chi connectivity index (χ0v) is 15.9. The summed E-state index contributed by atoms with van der Waals surface area (Å²) in [6.45, 7) is 2.53. The molecule has 0 saturated heterocycles. The predicted octanol–water partition coefficient (Wildman–Crippen LogP) is 4.24. The smallest absolute Gasteiger partial charge is 0.264 e. The summed E-state index contributed by atoms with van der Waals surface area (Å²) < 4.78 is 13.1. The van der Waals surface area contributed by atoms with Crippen molar-refractivity contribution in [2.75, 3.05) is 11.9 Å². The topological polar surface area (TPSA) is 82.2 Å². The predicted molar refractivity (Wildman–Crippen MR) is 109 cm³/mol. The first-order valence-corrected chi connectivity index (χ1v) is 9.30. The molecular weight excluding hydrogens is 368 g/mol. The fraction of sp³-hybridized carbons (Fsp3) is 0.136. The van der Waals surface area contributed by atoms with Crippen molar-refractivity contribution >= 4 is 11.6 Å². The Balaban J connectivity index is 1.50. The van der Waals surface area contributed by atoms with Crippen LogP contribution in [0, 0.1) is 0 Å². The van der Waals surface area contributed by atoms with Crippen LogP contribution in [0.2, 0.25) is 0 Å². The third-order valence-electron chi connectivity index (χ3n) is 4.27. The van der Waals surface area contributed by atoms with Gasteiger partial charge in [0.2, 0.25) is 11.8 Å². The molecule has 4 aromatic rings. The Labute approximate surface area is 168 Å². The fourth-order valence-electron chi connectivity index (χ4n) is 2.97. The van der Waals surface area contributed by atoms with Gasteiger partial charge >= 0.3 is 0 Å². The summed E-state index contributed by atoms with van der Waals surface area (Å²) in [5.41, 5.74) is 2.15. The van der Waals surface area contributed by atoms with E-state index in [0.29, 0.717) is 35.5 Å². The highest BCUT2D eigenvalue weighted by Crippen LogP contribution is 2.25. The number of carbonyl (C=O) groups is 1. The molecule has 0 atom stereocenters. The number of amides is 1. The van der Waals surface area contributed by atoms with Crippen LogP contribution in [-0.4, -0.2) is 27.3 Å². The normalized spacial score (nSPS) is 10.7. The van der Waals surface area contributed by atoms with Crippen LogP contribution in [0.15, 0.2) is 77.3 Å². The maximum atomic E-state index is 12.6. The molecule has 4 rings (SSSR count). The van der Waals surface area contributed by atoms with E-state index in [1.165, 1.54) is 0 Å². The molecule has 0 radical (unpaired) electrons. The summed E-state index contributed by atoms with van der Waals surface area (Å²) in [5, 5.41) is 11.1. The lowest BCUT2D eigenvalue weighted by Gasteiger charge is -2.12. The van der Waals surface area contributed by atoms with Crippen molar-refractivity contribution in [1.29, 1.82) is 0 Å². The second-order valence-corrected chi connectivity index (χ2v) is 6.28. The SMILES string of the molecule is CCOc1ccccc1NC(=O)Cn1cccc1-c1nnc(-c2ccccc2)o1. The quantitative estimate of drug-likeness (QED) is 0.512. The maximum Gasteiger partial charge on any atom is 0.264 e. The number of carbonyl (C=O) groups excluding carboxylic acids is 1. The second-order valence-electron chi connectivity index (χ2n) is 6.28. The molecule has 29 heavy (non-hydrogen) atoms. The van der Waals surface area contributed by atoms with Gasteiger partial charge in [0.15, 0.2) is 0 Å². The van der Waals surface area contributed by atoms with Gasteiger partial charge < -0.3 is 19.0 Å². The second kappa shape index (κ2) is 8.43. The molecule has 1 amide bonds. The highest BCUT2D eigenvalue weighted by atomic mass is 16.5. The van der Waals surface area contributed by atoms with Crippen LogP contribution in [0.1, 0.15) is 6.92 Å². The van der Waals surface area contributed by atoms with E-state index in [1.54, 1.807) is 10.8 Å². The Kier molecular flexibility index (Phi) is 5.38. The molecule has 1 N–H and O–H groups in total. The van der Waals surface area contributed by atoms with E-state index >= 15 is 0 Å². The van der Waals surface area contributed by atoms with Crippen molar-refractivity contribution in [2.24, 2.45) is 0 Å². The van der Waals surface area contributed by atoms with E-state index in [9.17, 15) is 4.79 Å². The lowest BCUT2D eigenvalue weighted by molar-refractivity contribution is -0.116. The van der Waals surface area contributed by atoms with E-state index < -0.39 is 0 Å². The van der Waals surface area contributed by atoms with E-state index in [1.807, 2.05) is 73.7 Å². The highest BCUT2D eigenvalue weighted by Gasteiger charge is 2.16. The number of hydrogen-bond acceptors (Lipinski definition) is 5. The van der Waals surface area contributed by atoms with Gasteiger partial charge in [-0.1, -0.05) is 30.3 Å². The van der Waals surface area contributed by atoms with E-state index in [2.05, 4.69) is 15.5 Å². The molecule has 7 heteroatoms. The van der Waals surface area contributed by atoms with Crippen molar-refractivity contribution in [3.05, 3.63) is 72.9 Å². The summed E-state index contributed by atoms with van der Waals surface area (Å²) in [6.07, 6.45) is 1.80. The third kappa shape index (κ3) is 4.19. The van der Waals surface area contributed by atoms with Crippen LogP contribution < -0.4 is 10.1 Å². The number of aromatic nitrogens is 3. The summed E-state index contributed by atoms with van der Waals surface area (Å²) in [5.74, 6) is 1.25. The number of nitrogens with zero attached hydrogens (tertiary/aromatic N) is 3. The fourth-order valence-corrected chi connectivity index (χ4v) is 2.97. The zero-order valence-electron chi connectivity index (χ0n) is 15.9. The molecule has 2 aromatic carbocycles. The molecule has 0 bridgehead atoms. The van der Waals surface area contributed by atoms with Crippen molar-refractivity contribution in [2.45, 2.75) is 13.5 Å². The molecule has 0 fully saturated rings. The Bertz CT molecular complexity index is 1100. The molecular formula is C22H20N4O3. The largest absolute Gasteiger partial charge is 0.492 e. The van der Waals surface area contributed by atoms with Crippen LogP contribution >= 0.6 is 0 Å². The zero-order chi connectivity index (χ0) is 20.1. The first-order valence-electron chi connectivity index (χ1n) is 9.30. The number of rotatable bonds is 7. The lowest BCUT2D eigenvalue weighted by atomic mass is 10.2. The van der Waals surface area contributed by atoms with Gasteiger partial charge in [-0.05, 0) is 43.3 Å². The minimum absolute atomic E-state index is 0.103. The average Bonchev–Trinajstić information content (AvgIpc) is 3.40. The number of para-hydroxylation sites is 2. The van der Waals surface area contributed by atoms with E-state index in [0.717, 1.165) is 5.56 Å². The Morgan fingerprint density at radius 2 is 1.76 bits per heavy atom. The van der Waals surface area contributed by atoms with Crippen LogP contribution in [0.25, 0.3) is 23.0 Å². The van der Waals surface area contributed by atoms with E-state index in [-0.39, 0.29) is 12.5 Å². The van der Waals surface area contributed by atoms with Crippen molar-refractivity contribution in [3.63, 3.8) is 0 Å². The molecule has 146 valence electrons. The molecule has 0 unspecified atom stereocenters. The molecule has 2 aromatic heterocycles. The Morgan fingerprint density at radius 1 is 1.00 bits per heavy atom. The average molecular weight is 388 g/mol. The first kappa shape index (κ1) is 18.5. The van der Waals surface area contributed by atoms with Crippen LogP contribution in [0.3, 0.4) is 0 Å². The van der Waals surface area contributed by atoms with E-state index in [4.69, 9.17) is 9.15 Å². The monoisotopic (exact) mass is 388 g/mol. The standard InChI is InChI=1S/C22H20N4O3/c1-2-28-19-13-7-6-11-17(19)23-20(27)15-26-14-8-12-18(26)22-25-24-21(29-22)16-9-4-3-5-10-16/h3-14H,2,15H2,1H3,(H,23,27). The minimum atomic E-state index is -0.183. The Morgan fingerprint density at radius 3 is 2.59 bits per heavy atom. The maximum absolute atomic E-state index is 12.6. The van der Waals surface area contributed by atoms with Crippen LogP contribution in [0.5, 0.6) is 5.75 Å². The van der Waals surface area contributed by atoms with Gasteiger partial charge in [0.25, 0.3) is 5.89 Å². The number of benzene rings is 2. The molecule has 0 spiro atoms. The van der Waals surface area contributed by atoms with Gasteiger partial charge in [-0.3, -0.25) is 4.79 Å². The van der Waals surface area contributed by atoms with Crippen molar-refractivity contribution in [3.8, 4) is 28.8 Å². The number of nitrogens with one attached hydrogen (secondary N) is 1. The molecule has 0 saturated carbocycles. The summed E-state index contributed by atoms with van der Waals surface area (Å²) in [7, 11) is 0. The summed E-state index contributed by atoms with van der Waals surface area (Å²) in [4.78, 5) is 12.6. The van der Waals surface area contributed by atoms with Crippen molar-refractivity contribution in [1.82, 2.24) is 14.8 Å². The van der Waals surface area contributed by atoms with Gasteiger partial charge in [-0.2, -0.15) is 0 Å². The molecule has 0 aliphatic heterocycles. The summed E-state index contributed by atoms with van der Waals surface area (Å²) in [6, 6.07) is 20.6. The lowest BCUT2D eigenvalue weighted by Crippen LogP contribution is -2.19. The molecule has 7 nitrogen and oxygen atoms in total. The molecule has 0 aliphatic rings. The van der Waals surface area contributed by atoms with Gasteiger partial charge in [-0.15, -0.1) is 10.2 Å². The van der Waals surface area contributed by atoms with Crippen LogP contribution in [-0.2, 0) is 11.3 Å². The third-order valence-corrected chi connectivity index (χ3v) is 4.27. The number of anilines is 1. The van der Waals surface area contributed by atoms with Crippen LogP contribution in [0.4, 0.5) is 5.69 Å². The first-order chi connectivity index (χ1) is 14.2. The number of ether oxygens (including phenoxy) is 1. The van der Waals surface area contributed by atoms with Gasteiger partial charge in [0.1, 0.15) is 18.0 Å². The summed E-state index contributed by atoms with van der Waals surface area (Å²) >= 11 is 0. The number of hydrogen-bond donors (Lipinski definition) is 1. The van der Waals surface area contributed by atoms with Gasteiger partial charge in [-0.25, -0.2) is 0 Å². The Hall–Kier alpha value is -3.87. The molecule has 0 aliphatic carbocycles.